The van der Waals surface area contributed by atoms with Gasteiger partial charge >= 0.3 is 5.97 Å². The van der Waals surface area contributed by atoms with Gasteiger partial charge in [-0.05, 0) is 38.9 Å². The van der Waals surface area contributed by atoms with Crippen LogP contribution in [0.3, 0.4) is 0 Å². The number of hydrogen-bond acceptors (Lipinski definition) is 3. The molecule has 0 spiro atoms. The fraction of sp³-hybridized carbons (Fsp3) is 0.909. The van der Waals surface area contributed by atoms with Gasteiger partial charge in [-0.15, -0.1) is 0 Å². The lowest BCUT2D eigenvalue weighted by Gasteiger charge is -2.18. The van der Waals surface area contributed by atoms with Crippen LogP contribution in [0.25, 0.3) is 0 Å². The maximum atomic E-state index is 10.8. The first kappa shape index (κ1) is 14.4. The second kappa shape index (κ2) is 8.68. The summed E-state index contributed by atoms with van der Waals surface area (Å²) < 4.78 is 0. The molecule has 1 unspecified atom stereocenters. The molecule has 0 saturated heterocycles. The van der Waals surface area contributed by atoms with E-state index in [4.69, 9.17) is 10.2 Å². The molecule has 0 aliphatic rings. The number of aliphatic carboxylic acids is 1. The molecule has 0 amide bonds. The van der Waals surface area contributed by atoms with Gasteiger partial charge in [0.1, 0.15) is 0 Å². The van der Waals surface area contributed by atoms with Gasteiger partial charge in [-0.25, -0.2) is 0 Å². The molecule has 0 rings (SSSR count). The van der Waals surface area contributed by atoms with Gasteiger partial charge in [-0.2, -0.15) is 0 Å². The number of carbonyl (C=O) groups is 1. The Balaban J connectivity index is 3.74. The third-order valence-electron chi connectivity index (χ3n) is 2.75. The SMILES string of the molecule is CCN(CC)CCCC(CCO)C(=O)O. The molecular formula is C11H23NO3. The molecule has 0 heterocycles. The minimum Gasteiger partial charge on any atom is -0.481 e. The lowest BCUT2D eigenvalue weighted by molar-refractivity contribution is -0.142. The van der Waals surface area contributed by atoms with E-state index in [1.54, 1.807) is 0 Å². The Morgan fingerprint density at radius 2 is 1.87 bits per heavy atom. The van der Waals surface area contributed by atoms with Gasteiger partial charge in [-0.3, -0.25) is 4.79 Å². The van der Waals surface area contributed by atoms with Crippen molar-refractivity contribution >= 4 is 5.97 Å². The van der Waals surface area contributed by atoms with Gasteiger partial charge in [0.2, 0.25) is 0 Å². The zero-order valence-electron chi connectivity index (χ0n) is 9.78. The van der Waals surface area contributed by atoms with Crippen LogP contribution in [-0.2, 0) is 4.79 Å². The molecule has 0 radical (unpaired) electrons. The highest BCUT2D eigenvalue weighted by Crippen LogP contribution is 2.11. The number of carboxylic acid groups (broad SMARTS) is 1. The lowest BCUT2D eigenvalue weighted by Crippen LogP contribution is -2.25. The maximum absolute atomic E-state index is 10.8. The van der Waals surface area contributed by atoms with E-state index in [1.807, 2.05) is 0 Å². The number of rotatable bonds is 9. The van der Waals surface area contributed by atoms with Crippen molar-refractivity contribution < 1.29 is 15.0 Å². The minimum absolute atomic E-state index is 0.0394. The van der Waals surface area contributed by atoms with Crippen molar-refractivity contribution in [3.8, 4) is 0 Å². The topological polar surface area (TPSA) is 60.8 Å². The Morgan fingerprint density at radius 3 is 2.27 bits per heavy atom. The van der Waals surface area contributed by atoms with E-state index < -0.39 is 5.97 Å². The molecule has 1 atom stereocenters. The van der Waals surface area contributed by atoms with Crippen LogP contribution in [0, 0.1) is 5.92 Å². The van der Waals surface area contributed by atoms with Crippen LogP contribution in [-0.4, -0.2) is 47.3 Å². The fourth-order valence-corrected chi connectivity index (χ4v) is 1.65. The third-order valence-corrected chi connectivity index (χ3v) is 2.75. The van der Waals surface area contributed by atoms with Crippen molar-refractivity contribution in [2.45, 2.75) is 33.1 Å². The number of carboxylic acids is 1. The minimum atomic E-state index is -0.788. The molecule has 0 aromatic carbocycles. The third kappa shape index (κ3) is 6.47. The first-order valence-corrected chi connectivity index (χ1v) is 5.71. The highest BCUT2D eigenvalue weighted by Gasteiger charge is 2.16. The molecule has 90 valence electrons. The van der Waals surface area contributed by atoms with Crippen molar-refractivity contribution in [3.05, 3.63) is 0 Å². The molecule has 0 saturated carbocycles. The summed E-state index contributed by atoms with van der Waals surface area (Å²) in [7, 11) is 0. The van der Waals surface area contributed by atoms with E-state index >= 15 is 0 Å². The summed E-state index contributed by atoms with van der Waals surface area (Å²) in [6.07, 6.45) is 1.92. The number of aliphatic hydroxyl groups is 1. The molecule has 0 aromatic rings. The van der Waals surface area contributed by atoms with Gasteiger partial charge in [0, 0.05) is 6.61 Å². The number of nitrogens with zero attached hydrogens (tertiary/aromatic N) is 1. The maximum Gasteiger partial charge on any atom is 0.306 e. The molecule has 0 bridgehead atoms. The van der Waals surface area contributed by atoms with Crippen LogP contribution in [0.4, 0.5) is 0 Å². The van der Waals surface area contributed by atoms with Crippen LogP contribution < -0.4 is 0 Å². The molecule has 15 heavy (non-hydrogen) atoms. The summed E-state index contributed by atoms with van der Waals surface area (Å²) in [6, 6.07) is 0. The quantitative estimate of drug-likeness (QED) is 0.609. The summed E-state index contributed by atoms with van der Waals surface area (Å²) in [4.78, 5) is 13.1. The van der Waals surface area contributed by atoms with Crippen molar-refractivity contribution in [2.24, 2.45) is 5.92 Å². The van der Waals surface area contributed by atoms with Gasteiger partial charge in [-0.1, -0.05) is 13.8 Å². The molecule has 4 heteroatoms. The van der Waals surface area contributed by atoms with E-state index in [-0.39, 0.29) is 12.5 Å². The van der Waals surface area contributed by atoms with Crippen molar-refractivity contribution in [1.29, 1.82) is 0 Å². The first-order valence-electron chi connectivity index (χ1n) is 5.71. The van der Waals surface area contributed by atoms with Crippen LogP contribution in [0.1, 0.15) is 33.1 Å². The smallest absolute Gasteiger partial charge is 0.306 e. The van der Waals surface area contributed by atoms with E-state index in [2.05, 4.69) is 18.7 Å². The summed E-state index contributed by atoms with van der Waals surface area (Å²) >= 11 is 0. The molecule has 0 fully saturated rings. The number of hydrogen-bond donors (Lipinski definition) is 2. The van der Waals surface area contributed by atoms with Gasteiger partial charge in [0.25, 0.3) is 0 Å². The van der Waals surface area contributed by atoms with E-state index in [9.17, 15) is 4.79 Å². The molecule has 0 aliphatic carbocycles. The van der Waals surface area contributed by atoms with Gasteiger partial charge in [0.15, 0.2) is 0 Å². The molecule has 4 nitrogen and oxygen atoms in total. The Bertz CT molecular complexity index is 169. The average molecular weight is 217 g/mol. The number of aliphatic hydroxyl groups excluding tert-OH is 1. The highest BCUT2D eigenvalue weighted by atomic mass is 16.4. The largest absolute Gasteiger partial charge is 0.481 e. The summed E-state index contributed by atoms with van der Waals surface area (Å²) in [5, 5.41) is 17.6. The van der Waals surface area contributed by atoms with Crippen LogP contribution in [0.5, 0.6) is 0 Å². The van der Waals surface area contributed by atoms with E-state index in [1.165, 1.54) is 0 Å². The predicted octanol–water partition coefficient (Wildman–Crippen LogP) is 1.19. The van der Waals surface area contributed by atoms with Crippen molar-refractivity contribution in [3.63, 3.8) is 0 Å². The standard InChI is InChI=1S/C11H23NO3/c1-3-12(4-2)8-5-6-10(7-9-13)11(14)15/h10,13H,3-9H2,1-2H3,(H,14,15). The normalized spacial score (nSPS) is 13.1. The van der Waals surface area contributed by atoms with Crippen LogP contribution >= 0.6 is 0 Å². The van der Waals surface area contributed by atoms with E-state index in [0.717, 1.165) is 26.1 Å². The second-order valence-corrected chi connectivity index (χ2v) is 3.72. The van der Waals surface area contributed by atoms with E-state index in [0.29, 0.717) is 12.8 Å². The summed E-state index contributed by atoms with van der Waals surface area (Å²) in [5.74, 6) is -1.17. The molecule has 0 aromatic heterocycles. The first-order chi connectivity index (χ1) is 7.15. The zero-order valence-corrected chi connectivity index (χ0v) is 9.78. The van der Waals surface area contributed by atoms with Crippen molar-refractivity contribution in [1.82, 2.24) is 4.90 Å². The average Bonchev–Trinajstić information content (AvgIpc) is 2.22. The van der Waals surface area contributed by atoms with Gasteiger partial charge in [0.05, 0.1) is 5.92 Å². The van der Waals surface area contributed by atoms with Crippen LogP contribution in [0.2, 0.25) is 0 Å². The van der Waals surface area contributed by atoms with Crippen molar-refractivity contribution in [2.75, 3.05) is 26.2 Å². The lowest BCUT2D eigenvalue weighted by atomic mass is 10.00. The molecule has 2 N–H and O–H groups in total. The fourth-order valence-electron chi connectivity index (χ4n) is 1.65. The monoisotopic (exact) mass is 217 g/mol. The van der Waals surface area contributed by atoms with Gasteiger partial charge < -0.3 is 15.1 Å². The molecule has 0 aliphatic heterocycles. The predicted molar refractivity (Wildman–Crippen MR) is 59.9 cm³/mol. The second-order valence-electron chi connectivity index (χ2n) is 3.72. The zero-order chi connectivity index (χ0) is 11.7. The Hall–Kier alpha value is -0.610. The Labute approximate surface area is 91.9 Å². The van der Waals surface area contributed by atoms with Crippen LogP contribution in [0.15, 0.2) is 0 Å². The summed E-state index contributed by atoms with van der Waals surface area (Å²) in [5.41, 5.74) is 0. The summed E-state index contributed by atoms with van der Waals surface area (Å²) in [6.45, 7) is 7.13. The Morgan fingerprint density at radius 1 is 1.27 bits per heavy atom. The Kier molecular flexibility index (Phi) is 8.33. The molecular weight excluding hydrogens is 194 g/mol. The highest BCUT2D eigenvalue weighted by molar-refractivity contribution is 5.69.